The van der Waals surface area contributed by atoms with Gasteiger partial charge in [-0.1, -0.05) is 13.8 Å². The minimum atomic E-state index is 0.00514. The minimum Gasteiger partial charge on any atom is -0.493 e. The average molecular weight is 529 g/mol. The summed E-state index contributed by atoms with van der Waals surface area (Å²) in [5.41, 5.74) is 0.739. The van der Waals surface area contributed by atoms with Crippen LogP contribution >= 0.6 is 11.3 Å². The third-order valence-corrected chi connectivity index (χ3v) is 6.97. The van der Waals surface area contributed by atoms with Gasteiger partial charge in [0.25, 0.3) is 0 Å². The summed E-state index contributed by atoms with van der Waals surface area (Å²) in [5, 5.41) is 7.69. The van der Waals surface area contributed by atoms with Crippen molar-refractivity contribution in [1.29, 1.82) is 0 Å². The number of nitrogens with zero attached hydrogens (tertiary/aromatic N) is 4. The Kier molecular flexibility index (Phi) is 9.86. The Morgan fingerprint density at radius 1 is 1.19 bits per heavy atom. The molecule has 0 unspecified atom stereocenters. The molecular formula is C26H36N6O4S. The summed E-state index contributed by atoms with van der Waals surface area (Å²) in [6.07, 6.45) is 5.42. The highest BCUT2D eigenvalue weighted by Crippen LogP contribution is 2.35. The van der Waals surface area contributed by atoms with Crippen molar-refractivity contribution in [2.24, 2.45) is 5.92 Å². The Balaban J connectivity index is 1.37. The maximum atomic E-state index is 12.2. The number of hydrogen-bond donors (Lipinski definition) is 2. The lowest BCUT2D eigenvalue weighted by Crippen LogP contribution is -2.37. The first-order chi connectivity index (χ1) is 18.0. The van der Waals surface area contributed by atoms with E-state index in [0.29, 0.717) is 47.9 Å². The SMILES string of the molecule is COc1cc2c(Nc3ncc(CC(=O)NCCC(C)C)s3)ncnc2cc1OCCCN1CCOCC1. The number of methoxy groups -OCH3 is 1. The largest absolute Gasteiger partial charge is 0.493 e. The number of thiazole rings is 1. The van der Waals surface area contributed by atoms with Gasteiger partial charge in [0.1, 0.15) is 12.1 Å². The third kappa shape index (κ3) is 7.98. The fraction of sp³-hybridized carbons (Fsp3) is 0.538. The first kappa shape index (κ1) is 27.0. The predicted octanol–water partition coefficient (Wildman–Crippen LogP) is 3.64. The van der Waals surface area contributed by atoms with Gasteiger partial charge in [-0.05, 0) is 24.8 Å². The Labute approximate surface area is 221 Å². The number of fused-ring (bicyclic) bond motifs is 1. The van der Waals surface area contributed by atoms with Crippen molar-refractivity contribution in [3.05, 3.63) is 29.5 Å². The number of carbonyl (C=O) groups is 1. The average Bonchev–Trinajstić information content (AvgIpc) is 3.33. The Morgan fingerprint density at radius 3 is 2.81 bits per heavy atom. The molecule has 2 N–H and O–H groups in total. The van der Waals surface area contributed by atoms with Crippen LogP contribution in [0.4, 0.5) is 10.9 Å². The van der Waals surface area contributed by atoms with Crippen LogP contribution in [0, 0.1) is 5.92 Å². The van der Waals surface area contributed by atoms with Crippen molar-refractivity contribution in [1.82, 2.24) is 25.2 Å². The van der Waals surface area contributed by atoms with E-state index in [9.17, 15) is 4.79 Å². The number of anilines is 2. The van der Waals surface area contributed by atoms with E-state index in [-0.39, 0.29) is 5.91 Å². The molecule has 3 heterocycles. The maximum absolute atomic E-state index is 12.2. The Bertz CT molecular complexity index is 1170. The number of aromatic nitrogens is 3. The van der Waals surface area contributed by atoms with Crippen molar-refractivity contribution in [2.45, 2.75) is 33.1 Å². The van der Waals surface area contributed by atoms with E-state index in [1.165, 1.54) is 17.7 Å². The molecule has 0 radical (unpaired) electrons. The quantitative estimate of drug-likeness (QED) is 0.321. The lowest BCUT2D eigenvalue weighted by Gasteiger charge is -2.26. The second-order valence-electron chi connectivity index (χ2n) is 9.36. The van der Waals surface area contributed by atoms with Gasteiger partial charge < -0.3 is 24.8 Å². The fourth-order valence-corrected chi connectivity index (χ4v) is 4.81. The molecule has 0 bridgehead atoms. The topological polar surface area (TPSA) is 111 Å². The van der Waals surface area contributed by atoms with Crippen LogP contribution in [0.25, 0.3) is 10.9 Å². The maximum Gasteiger partial charge on any atom is 0.225 e. The highest BCUT2D eigenvalue weighted by Gasteiger charge is 2.15. The second-order valence-corrected chi connectivity index (χ2v) is 10.5. The van der Waals surface area contributed by atoms with Crippen LogP contribution in [0.2, 0.25) is 0 Å². The van der Waals surface area contributed by atoms with Gasteiger partial charge in [-0.3, -0.25) is 9.69 Å². The Morgan fingerprint density at radius 2 is 2.03 bits per heavy atom. The number of morpholine rings is 1. The van der Waals surface area contributed by atoms with Crippen molar-refractivity contribution in [3.63, 3.8) is 0 Å². The molecule has 4 rings (SSSR count). The van der Waals surface area contributed by atoms with Crippen molar-refractivity contribution < 1.29 is 19.0 Å². The van der Waals surface area contributed by atoms with Crippen molar-refractivity contribution >= 4 is 39.1 Å². The summed E-state index contributed by atoms with van der Waals surface area (Å²) in [4.78, 5) is 28.7. The standard InChI is InChI=1S/C26H36N6O4S/c1-18(2)5-6-27-24(33)13-19-16-28-26(37-19)31-25-20-14-22(34-3)23(15-21(20)29-17-30-25)36-10-4-7-32-8-11-35-12-9-32/h14-18H,4-13H2,1-3H3,(H,27,33)(H,28,29,30,31). The highest BCUT2D eigenvalue weighted by atomic mass is 32.1. The van der Waals surface area contributed by atoms with E-state index in [0.717, 1.165) is 61.5 Å². The van der Waals surface area contributed by atoms with Crippen LogP contribution in [0.5, 0.6) is 11.5 Å². The van der Waals surface area contributed by atoms with E-state index in [2.05, 4.69) is 44.3 Å². The molecule has 11 heteroatoms. The van der Waals surface area contributed by atoms with Gasteiger partial charge in [-0.2, -0.15) is 0 Å². The van der Waals surface area contributed by atoms with E-state index in [4.69, 9.17) is 14.2 Å². The third-order valence-electron chi connectivity index (χ3n) is 6.06. The molecule has 0 aliphatic carbocycles. The van der Waals surface area contributed by atoms with E-state index < -0.39 is 0 Å². The van der Waals surface area contributed by atoms with Crippen LogP contribution in [-0.4, -0.2) is 78.9 Å². The van der Waals surface area contributed by atoms with Gasteiger partial charge in [0.2, 0.25) is 5.91 Å². The lowest BCUT2D eigenvalue weighted by atomic mass is 10.1. The molecule has 0 spiro atoms. The predicted molar refractivity (Wildman–Crippen MR) is 145 cm³/mol. The van der Waals surface area contributed by atoms with Crippen LogP contribution in [0.3, 0.4) is 0 Å². The van der Waals surface area contributed by atoms with Gasteiger partial charge >= 0.3 is 0 Å². The number of rotatable bonds is 13. The zero-order chi connectivity index (χ0) is 26.0. The first-order valence-corrected chi connectivity index (χ1v) is 13.6. The molecule has 1 aromatic carbocycles. The van der Waals surface area contributed by atoms with Gasteiger partial charge in [0.15, 0.2) is 16.6 Å². The molecule has 1 fully saturated rings. The number of benzene rings is 1. The number of carbonyl (C=O) groups excluding carboxylic acids is 1. The molecule has 0 saturated carbocycles. The molecule has 37 heavy (non-hydrogen) atoms. The summed E-state index contributed by atoms with van der Waals surface area (Å²) in [6, 6.07) is 3.76. The molecule has 1 saturated heterocycles. The summed E-state index contributed by atoms with van der Waals surface area (Å²) in [7, 11) is 1.62. The van der Waals surface area contributed by atoms with Crippen molar-refractivity contribution in [3.8, 4) is 11.5 Å². The molecule has 3 aromatic rings. The molecule has 10 nitrogen and oxygen atoms in total. The number of hydrogen-bond acceptors (Lipinski definition) is 10. The van der Waals surface area contributed by atoms with Crippen LogP contribution < -0.4 is 20.1 Å². The minimum absolute atomic E-state index is 0.00514. The Hall–Kier alpha value is -3.02. The molecule has 1 amide bonds. The smallest absolute Gasteiger partial charge is 0.225 e. The van der Waals surface area contributed by atoms with Gasteiger partial charge in [0, 0.05) is 48.7 Å². The van der Waals surface area contributed by atoms with Gasteiger partial charge in [0.05, 0.1) is 38.9 Å². The molecule has 200 valence electrons. The first-order valence-electron chi connectivity index (χ1n) is 12.8. The zero-order valence-electron chi connectivity index (χ0n) is 21.8. The van der Waals surface area contributed by atoms with E-state index in [1.54, 1.807) is 13.3 Å². The van der Waals surface area contributed by atoms with Crippen LogP contribution in [0.15, 0.2) is 24.7 Å². The van der Waals surface area contributed by atoms with Gasteiger partial charge in [-0.15, -0.1) is 11.3 Å². The monoisotopic (exact) mass is 528 g/mol. The van der Waals surface area contributed by atoms with E-state index >= 15 is 0 Å². The van der Waals surface area contributed by atoms with E-state index in [1.807, 2.05) is 12.1 Å². The zero-order valence-corrected chi connectivity index (χ0v) is 22.6. The van der Waals surface area contributed by atoms with Crippen LogP contribution in [0.1, 0.15) is 31.6 Å². The molecule has 1 aliphatic rings. The number of ether oxygens (including phenoxy) is 3. The summed E-state index contributed by atoms with van der Waals surface area (Å²) >= 11 is 1.43. The molecule has 1 aliphatic heterocycles. The van der Waals surface area contributed by atoms with Crippen molar-refractivity contribution in [2.75, 3.05) is 58.4 Å². The second kappa shape index (κ2) is 13.5. The highest BCUT2D eigenvalue weighted by molar-refractivity contribution is 7.15. The number of nitrogens with one attached hydrogen (secondary N) is 2. The molecule has 0 atom stereocenters. The molecular weight excluding hydrogens is 492 g/mol. The molecule has 2 aromatic heterocycles. The summed E-state index contributed by atoms with van der Waals surface area (Å²) in [5.74, 6) is 2.45. The fourth-order valence-electron chi connectivity index (χ4n) is 4.00. The summed E-state index contributed by atoms with van der Waals surface area (Å²) < 4.78 is 17.1. The van der Waals surface area contributed by atoms with Crippen LogP contribution in [-0.2, 0) is 16.0 Å². The van der Waals surface area contributed by atoms with Gasteiger partial charge in [-0.25, -0.2) is 15.0 Å². The lowest BCUT2D eigenvalue weighted by molar-refractivity contribution is -0.120. The normalized spacial score (nSPS) is 14.2. The number of amides is 1. The summed E-state index contributed by atoms with van der Waals surface area (Å²) in [6.45, 7) is 10.1.